The minimum atomic E-state index is -0.701. The van der Waals surface area contributed by atoms with Gasteiger partial charge in [-0.15, -0.1) is 0 Å². The molecule has 0 spiro atoms. The highest BCUT2D eigenvalue weighted by Gasteiger charge is 2.15. The maximum atomic E-state index is 12.3. The van der Waals surface area contributed by atoms with E-state index in [1.165, 1.54) is 11.6 Å². The molecule has 1 atom stereocenters. The van der Waals surface area contributed by atoms with E-state index in [0.717, 1.165) is 11.1 Å². The predicted molar refractivity (Wildman–Crippen MR) is 102 cm³/mol. The summed E-state index contributed by atoms with van der Waals surface area (Å²) in [6.45, 7) is 5.91. The summed E-state index contributed by atoms with van der Waals surface area (Å²) in [4.78, 5) is 23.7. The number of hydrogen-bond acceptors (Lipinski definition) is 4. The Kier molecular flexibility index (Phi) is 5.07. The monoisotopic (exact) mass is 351 g/mol. The number of fused-ring (bicyclic) bond motifs is 1. The van der Waals surface area contributed by atoms with Gasteiger partial charge in [0, 0.05) is 23.2 Å². The number of nitrogens with one attached hydrogen (secondary N) is 1. The van der Waals surface area contributed by atoms with Crippen molar-refractivity contribution in [3.8, 4) is 5.75 Å². The van der Waals surface area contributed by atoms with Gasteiger partial charge in [0.05, 0.1) is 0 Å². The Bertz CT molecular complexity index is 973. The lowest BCUT2D eigenvalue weighted by molar-refractivity contribution is -0.122. The van der Waals surface area contributed by atoms with E-state index in [4.69, 9.17) is 9.15 Å². The lowest BCUT2D eigenvalue weighted by Crippen LogP contribution is -2.30. The number of amides is 1. The van der Waals surface area contributed by atoms with Gasteiger partial charge in [-0.2, -0.15) is 0 Å². The molecular weight excluding hydrogens is 330 g/mol. The van der Waals surface area contributed by atoms with E-state index in [0.29, 0.717) is 17.3 Å². The first kappa shape index (κ1) is 17.7. The molecule has 0 saturated heterocycles. The number of anilines is 1. The summed E-state index contributed by atoms with van der Waals surface area (Å²) in [5.74, 6) is 0.650. The Morgan fingerprint density at radius 2 is 1.69 bits per heavy atom. The van der Waals surface area contributed by atoms with Gasteiger partial charge >= 0.3 is 5.63 Å². The van der Waals surface area contributed by atoms with Crippen molar-refractivity contribution in [1.29, 1.82) is 0 Å². The molecule has 0 bridgehead atoms. The summed E-state index contributed by atoms with van der Waals surface area (Å²) in [6.07, 6.45) is -0.701. The van der Waals surface area contributed by atoms with E-state index >= 15 is 0 Å². The molecule has 0 radical (unpaired) electrons. The van der Waals surface area contributed by atoms with Gasteiger partial charge in [-0.25, -0.2) is 4.79 Å². The zero-order valence-corrected chi connectivity index (χ0v) is 15.0. The first-order chi connectivity index (χ1) is 12.4. The summed E-state index contributed by atoms with van der Waals surface area (Å²) >= 11 is 0. The van der Waals surface area contributed by atoms with Gasteiger partial charge in [0.15, 0.2) is 6.10 Å². The van der Waals surface area contributed by atoms with Crippen LogP contribution < -0.4 is 15.7 Å². The first-order valence-corrected chi connectivity index (χ1v) is 8.54. The van der Waals surface area contributed by atoms with Crippen LogP contribution in [0, 0.1) is 0 Å². The summed E-state index contributed by atoms with van der Waals surface area (Å²) in [5, 5.41) is 3.63. The fourth-order valence-electron chi connectivity index (χ4n) is 2.57. The Morgan fingerprint density at radius 1 is 1.00 bits per heavy atom. The molecular formula is C21H21NO4. The molecule has 134 valence electrons. The Hall–Kier alpha value is -3.08. The minimum absolute atomic E-state index is 0.253. The molecule has 1 heterocycles. The summed E-state index contributed by atoms with van der Waals surface area (Å²) < 4.78 is 10.8. The molecule has 1 aromatic heterocycles. The van der Waals surface area contributed by atoms with Gasteiger partial charge < -0.3 is 14.5 Å². The van der Waals surface area contributed by atoms with Crippen LogP contribution in [0.25, 0.3) is 11.0 Å². The second-order valence-electron chi connectivity index (χ2n) is 6.48. The summed E-state index contributed by atoms with van der Waals surface area (Å²) in [7, 11) is 0. The van der Waals surface area contributed by atoms with Gasteiger partial charge in [-0.05, 0) is 48.7 Å². The molecule has 3 aromatic rings. The SMILES string of the molecule is CC(C)c1ccc(NC(=O)[C@H](C)Oc2ccc3ccc(=O)oc3c2)cc1. The highest BCUT2D eigenvalue weighted by Crippen LogP contribution is 2.21. The molecule has 0 unspecified atom stereocenters. The summed E-state index contributed by atoms with van der Waals surface area (Å²) in [6, 6.07) is 15.9. The molecule has 0 aliphatic rings. The van der Waals surface area contributed by atoms with Crippen LogP contribution in [0.1, 0.15) is 32.3 Å². The number of benzene rings is 2. The maximum Gasteiger partial charge on any atom is 0.336 e. The maximum absolute atomic E-state index is 12.3. The van der Waals surface area contributed by atoms with Crippen LogP contribution in [0.3, 0.4) is 0 Å². The highest BCUT2D eigenvalue weighted by atomic mass is 16.5. The van der Waals surface area contributed by atoms with Gasteiger partial charge in [0.2, 0.25) is 0 Å². The Labute approximate surface area is 151 Å². The van der Waals surface area contributed by atoms with Crippen molar-refractivity contribution in [3.63, 3.8) is 0 Å². The van der Waals surface area contributed by atoms with Crippen LogP contribution in [0.5, 0.6) is 5.75 Å². The molecule has 2 aromatic carbocycles. The largest absolute Gasteiger partial charge is 0.481 e. The molecule has 1 amide bonds. The molecule has 0 aliphatic carbocycles. The van der Waals surface area contributed by atoms with Crippen molar-refractivity contribution in [2.45, 2.75) is 32.8 Å². The van der Waals surface area contributed by atoms with E-state index in [-0.39, 0.29) is 5.91 Å². The number of rotatable bonds is 5. The van der Waals surface area contributed by atoms with E-state index in [9.17, 15) is 9.59 Å². The van der Waals surface area contributed by atoms with Crippen molar-refractivity contribution in [2.24, 2.45) is 0 Å². The van der Waals surface area contributed by atoms with Gasteiger partial charge in [-0.3, -0.25) is 4.79 Å². The highest BCUT2D eigenvalue weighted by molar-refractivity contribution is 5.94. The molecule has 5 heteroatoms. The molecule has 1 N–H and O–H groups in total. The van der Waals surface area contributed by atoms with Crippen molar-refractivity contribution in [3.05, 3.63) is 70.6 Å². The molecule has 3 rings (SSSR count). The Balaban J connectivity index is 1.67. The van der Waals surface area contributed by atoms with E-state index in [1.54, 1.807) is 31.2 Å². The number of ether oxygens (including phenoxy) is 1. The third-order valence-electron chi connectivity index (χ3n) is 4.12. The first-order valence-electron chi connectivity index (χ1n) is 8.54. The molecule has 26 heavy (non-hydrogen) atoms. The third-order valence-corrected chi connectivity index (χ3v) is 4.12. The van der Waals surface area contributed by atoms with Crippen LogP contribution in [-0.4, -0.2) is 12.0 Å². The van der Waals surface area contributed by atoms with Gasteiger partial charge in [-0.1, -0.05) is 26.0 Å². The van der Waals surface area contributed by atoms with E-state index < -0.39 is 11.7 Å². The zero-order chi connectivity index (χ0) is 18.7. The average molecular weight is 351 g/mol. The second kappa shape index (κ2) is 7.44. The quantitative estimate of drug-likeness (QED) is 0.695. The smallest absolute Gasteiger partial charge is 0.336 e. The number of carbonyl (C=O) groups is 1. The summed E-state index contributed by atoms with van der Waals surface area (Å²) in [5.41, 5.74) is 1.93. The fourth-order valence-corrected chi connectivity index (χ4v) is 2.57. The third kappa shape index (κ3) is 4.11. The van der Waals surface area contributed by atoms with Crippen molar-refractivity contribution in [2.75, 3.05) is 5.32 Å². The topological polar surface area (TPSA) is 68.5 Å². The molecule has 0 fully saturated rings. The Morgan fingerprint density at radius 3 is 2.38 bits per heavy atom. The zero-order valence-electron chi connectivity index (χ0n) is 15.0. The minimum Gasteiger partial charge on any atom is -0.481 e. The standard InChI is InChI=1S/C21H21NO4/c1-13(2)15-4-8-17(9-5-15)22-21(24)14(3)25-18-10-6-16-7-11-20(23)26-19(16)12-18/h4-14H,1-3H3,(H,22,24)/t14-/m0/s1. The van der Waals surface area contributed by atoms with E-state index in [2.05, 4.69) is 19.2 Å². The van der Waals surface area contributed by atoms with Gasteiger partial charge in [0.1, 0.15) is 11.3 Å². The van der Waals surface area contributed by atoms with Crippen molar-refractivity contribution < 1.29 is 13.9 Å². The molecule has 5 nitrogen and oxygen atoms in total. The van der Waals surface area contributed by atoms with Crippen molar-refractivity contribution in [1.82, 2.24) is 0 Å². The lowest BCUT2D eigenvalue weighted by Gasteiger charge is -2.15. The average Bonchev–Trinajstić information content (AvgIpc) is 2.61. The van der Waals surface area contributed by atoms with E-state index in [1.807, 2.05) is 24.3 Å². The lowest BCUT2D eigenvalue weighted by atomic mass is 10.0. The van der Waals surface area contributed by atoms with Crippen LogP contribution in [-0.2, 0) is 4.79 Å². The van der Waals surface area contributed by atoms with Crippen LogP contribution in [0.2, 0.25) is 0 Å². The number of hydrogen-bond donors (Lipinski definition) is 1. The molecule has 0 saturated carbocycles. The fraction of sp³-hybridized carbons (Fsp3) is 0.238. The molecule has 0 aliphatic heterocycles. The normalized spacial score (nSPS) is 12.2. The van der Waals surface area contributed by atoms with Crippen LogP contribution in [0.15, 0.2) is 63.8 Å². The number of carbonyl (C=O) groups excluding carboxylic acids is 1. The van der Waals surface area contributed by atoms with Crippen LogP contribution in [0.4, 0.5) is 5.69 Å². The predicted octanol–water partition coefficient (Wildman–Crippen LogP) is 4.32. The van der Waals surface area contributed by atoms with Crippen molar-refractivity contribution >= 4 is 22.6 Å². The second-order valence-corrected chi connectivity index (χ2v) is 6.48. The van der Waals surface area contributed by atoms with Crippen LogP contribution >= 0.6 is 0 Å². The van der Waals surface area contributed by atoms with Gasteiger partial charge in [0.25, 0.3) is 5.91 Å².